The Labute approximate surface area is 310 Å². The number of anilines is 3. The molecule has 0 saturated heterocycles. The highest BCUT2D eigenvalue weighted by molar-refractivity contribution is 6.12. The van der Waals surface area contributed by atoms with Gasteiger partial charge in [0.25, 0.3) is 0 Å². The van der Waals surface area contributed by atoms with Crippen LogP contribution >= 0.6 is 0 Å². The molecular weight excluding hydrogens is 641 g/mol. The Bertz CT molecular complexity index is 2780. The summed E-state index contributed by atoms with van der Waals surface area (Å²) in [4.78, 5) is 2.38. The van der Waals surface area contributed by atoms with Crippen molar-refractivity contribution in [2.75, 3.05) is 4.90 Å². The Hall–Kier alpha value is -6.64. The third-order valence-electron chi connectivity index (χ3n) is 11.2. The average molecular weight is 679 g/mol. The van der Waals surface area contributed by atoms with Crippen LogP contribution in [0.1, 0.15) is 25.0 Å². The molecule has 9 aromatic rings. The van der Waals surface area contributed by atoms with Gasteiger partial charge in [-0.2, -0.15) is 0 Å². The molecule has 0 N–H and O–H groups in total. The molecular formula is C51H38N2. The van der Waals surface area contributed by atoms with E-state index in [-0.39, 0.29) is 5.41 Å². The Kier molecular flexibility index (Phi) is 7.19. The zero-order chi connectivity index (χ0) is 35.5. The molecule has 2 heteroatoms. The lowest BCUT2D eigenvalue weighted by molar-refractivity contribution is 0.661. The zero-order valence-electron chi connectivity index (χ0n) is 29.9. The maximum Gasteiger partial charge on any atom is 0.0561 e. The molecule has 53 heavy (non-hydrogen) atoms. The number of hydrogen-bond donors (Lipinski definition) is 0. The van der Waals surface area contributed by atoms with Gasteiger partial charge in [-0.3, -0.25) is 0 Å². The minimum atomic E-state index is -0.0831. The van der Waals surface area contributed by atoms with Crippen molar-refractivity contribution in [2.45, 2.75) is 19.3 Å². The van der Waals surface area contributed by atoms with E-state index in [1.165, 1.54) is 66.3 Å². The van der Waals surface area contributed by atoms with Crippen LogP contribution in [0.4, 0.5) is 17.1 Å². The topological polar surface area (TPSA) is 8.17 Å². The quantitative estimate of drug-likeness (QED) is 0.170. The molecule has 0 unspecified atom stereocenters. The Morgan fingerprint density at radius 3 is 1.70 bits per heavy atom. The summed E-state index contributed by atoms with van der Waals surface area (Å²) in [5.41, 5.74) is 17.1. The fourth-order valence-electron chi connectivity index (χ4n) is 8.53. The number of fused-ring (bicyclic) bond motifs is 6. The van der Waals surface area contributed by atoms with Crippen LogP contribution in [0.15, 0.2) is 194 Å². The average Bonchev–Trinajstić information content (AvgIpc) is 3.65. The zero-order valence-corrected chi connectivity index (χ0v) is 29.9. The second kappa shape index (κ2) is 12.3. The molecule has 0 atom stereocenters. The lowest BCUT2D eigenvalue weighted by Gasteiger charge is -2.26. The van der Waals surface area contributed by atoms with Crippen molar-refractivity contribution in [1.29, 1.82) is 0 Å². The van der Waals surface area contributed by atoms with Gasteiger partial charge in [-0.25, -0.2) is 0 Å². The first-order valence-corrected chi connectivity index (χ1v) is 18.4. The van der Waals surface area contributed by atoms with Crippen molar-refractivity contribution in [2.24, 2.45) is 0 Å². The number of para-hydroxylation sites is 2. The van der Waals surface area contributed by atoms with Gasteiger partial charge in [0, 0.05) is 38.9 Å². The van der Waals surface area contributed by atoms with Gasteiger partial charge in [-0.15, -0.1) is 0 Å². The molecule has 10 rings (SSSR count). The highest BCUT2D eigenvalue weighted by atomic mass is 15.1. The summed E-state index contributed by atoms with van der Waals surface area (Å²) in [7, 11) is 0. The van der Waals surface area contributed by atoms with E-state index in [1.807, 2.05) is 0 Å². The normalized spacial score (nSPS) is 12.9. The molecule has 0 saturated carbocycles. The summed E-state index contributed by atoms with van der Waals surface area (Å²) in [6.45, 7) is 4.72. The number of hydrogen-bond acceptors (Lipinski definition) is 1. The smallest absolute Gasteiger partial charge is 0.0561 e. The van der Waals surface area contributed by atoms with Gasteiger partial charge in [-0.05, 0) is 105 Å². The number of rotatable bonds is 6. The van der Waals surface area contributed by atoms with Crippen molar-refractivity contribution in [3.8, 4) is 39.1 Å². The summed E-state index contributed by atoms with van der Waals surface area (Å²) >= 11 is 0. The molecule has 1 aromatic heterocycles. The van der Waals surface area contributed by atoms with Crippen molar-refractivity contribution in [1.82, 2.24) is 4.57 Å². The summed E-state index contributed by atoms with van der Waals surface area (Å²) < 4.78 is 2.46. The Morgan fingerprint density at radius 1 is 0.377 bits per heavy atom. The maximum absolute atomic E-state index is 2.46. The number of nitrogens with zero attached hydrogens (tertiary/aromatic N) is 2. The van der Waals surface area contributed by atoms with Crippen molar-refractivity contribution >= 4 is 38.9 Å². The van der Waals surface area contributed by atoms with E-state index in [0.717, 1.165) is 22.7 Å². The molecule has 1 aliphatic carbocycles. The summed E-state index contributed by atoms with van der Waals surface area (Å²) in [6, 6.07) is 70.7. The molecule has 2 nitrogen and oxygen atoms in total. The predicted molar refractivity (Wildman–Crippen MR) is 224 cm³/mol. The fraction of sp³-hybridized carbons (Fsp3) is 0.0588. The van der Waals surface area contributed by atoms with Crippen LogP contribution in [0.2, 0.25) is 0 Å². The van der Waals surface area contributed by atoms with Gasteiger partial charge in [0.15, 0.2) is 0 Å². The van der Waals surface area contributed by atoms with Crippen molar-refractivity contribution < 1.29 is 0 Å². The fourth-order valence-corrected chi connectivity index (χ4v) is 8.53. The summed E-state index contributed by atoms with van der Waals surface area (Å²) in [6.07, 6.45) is 0. The minimum absolute atomic E-state index is 0.0831. The van der Waals surface area contributed by atoms with Crippen molar-refractivity contribution in [3.63, 3.8) is 0 Å². The minimum Gasteiger partial charge on any atom is -0.310 e. The first kappa shape index (κ1) is 31.1. The number of benzene rings is 8. The molecule has 0 radical (unpaired) electrons. The molecule has 8 aromatic carbocycles. The highest BCUT2D eigenvalue weighted by Crippen LogP contribution is 2.51. The Morgan fingerprint density at radius 2 is 0.943 bits per heavy atom. The SMILES string of the molecule is CC1(C)c2ccccc2-c2cc3c4ccc(N(c5ccccc5)c5cccc(-c6ccc(-c7ccccc7)cc6)c5)cc4n(-c4ccccc4)c3cc21. The molecule has 0 aliphatic heterocycles. The van der Waals surface area contributed by atoms with E-state index < -0.39 is 0 Å². The molecule has 1 aliphatic rings. The predicted octanol–water partition coefficient (Wildman–Crippen LogP) is 13.9. The van der Waals surface area contributed by atoms with Crippen molar-refractivity contribution in [3.05, 3.63) is 205 Å². The first-order valence-electron chi connectivity index (χ1n) is 18.4. The van der Waals surface area contributed by atoms with E-state index in [4.69, 9.17) is 0 Å². The molecule has 0 bridgehead atoms. The van der Waals surface area contributed by atoms with Gasteiger partial charge >= 0.3 is 0 Å². The monoisotopic (exact) mass is 678 g/mol. The van der Waals surface area contributed by atoms with Gasteiger partial charge in [0.1, 0.15) is 0 Å². The first-order chi connectivity index (χ1) is 26.0. The Balaban J connectivity index is 1.15. The third-order valence-corrected chi connectivity index (χ3v) is 11.2. The van der Waals surface area contributed by atoms with Gasteiger partial charge < -0.3 is 9.47 Å². The van der Waals surface area contributed by atoms with Crippen LogP contribution in [0.5, 0.6) is 0 Å². The van der Waals surface area contributed by atoms with Crippen LogP contribution < -0.4 is 4.90 Å². The summed E-state index contributed by atoms with van der Waals surface area (Å²) in [5.74, 6) is 0. The van der Waals surface area contributed by atoms with Gasteiger partial charge in [0.05, 0.1) is 11.0 Å². The van der Waals surface area contributed by atoms with E-state index in [2.05, 4.69) is 217 Å². The second-order valence-corrected chi connectivity index (χ2v) is 14.6. The molecule has 252 valence electrons. The van der Waals surface area contributed by atoms with E-state index >= 15 is 0 Å². The van der Waals surface area contributed by atoms with Crippen LogP contribution in [-0.4, -0.2) is 4.57 Å². The number of aromatic nitrogens is 1. The van der Waals surface area contributed by atoms with Crippen LogP contribution in [0.25, 0.3) is 60.9 Å². The molecule has 1 heterocycles. The second-order valence-electron chi connectivity index (χ2n) is 14.6. The van der Waals surface area contributed by atoms with Crippen LogP contribution in [0.3, 0.4) is 0 Å². The maximum atomic E-state index is 2.46. The summed E-state index contributed by atoms with van der Waals surface area (Å²) in [5, 5.41) is 2.52. The van der Waals surface area contributed by atoms with Crippen LogP contribution in [0, 0.1) is 0 Å². The van der Waals surface area contributed by atoms with Gasteiger partial charge in [0.2, 0.25) is 0 Å². The largest absolute Gasteiger partial charge is 0.310 e. The lowest BCUT2D eigenvalue weighted by atomic mass is 9.82. The molecule has 0 fully saturated rings. The lowest BCUT2D eigenvalue weighted by Crippen LogP contribution is -2.14. The highest BCUT2D eigenvalue weighted by Gasteiger charge is 2.36. The van der Waals surface area contributed by atoms with E-state index in [1.54, 1.807) is 0 Å². The van der Waals surface area contributed by atoms with E-state index in [0.29, 0.717) is 0 Å². The third kappa shape index (κ3) is 5.10. The van der Waals surface area contributed by atoms with E-state index in [9.17, 15) is 0 Å². The molecule has 0 spiro atoms. The standard InChI is InChI=1S/C51H38N2/c1-51(2)47-24-13-12-23-43(47)45-33-46-44-30-29-42(32-49(44)53(50(46)34-48(45)51)40-20-10-5-11-21-40)52(39-18-8-4-9-19-39)41-22-14-17-38(31-41)37-27-25-36(26-28-37)35-15-6-3-7-16-35/h3-34H,1-2H3. The van der Waals surface area contributed by atoms with Gasteiger partial charge in [-0.1, -0.05) is 147 Å². The molecule has 0 amide bonds. The van der Waals surface area contributed by atoms with Crippen LogP contribution in [-0.2, 0) is 5.41 Å².